The first-order chi connectivity index (χ1) is 9.43. The number of benzene rings is 1. The minimum atomic E-state index is -1.20. The highest BCUT2D eigenvalue weighted by molar-refractivity contribution is 5.99. The van der Waals surface area contributed by atoms with E-state index in [-0.39, 0.29) is 11.3 Å². The highest BCUT2D eigenvalue weighted by Crippen LogP contribution is 2.15. The Hall–Kier alpha value is -3.01. The number of aromatic hydroxyl groups is 1. The topological polar surface area (TPSA) is 122 Å². The number of carboxylic acids is 1. The van der Waals surface area contributed by atoms with Crippen LogP contribution in [0.5, 0.6) is 5.75 Å². The van der Waals surface area contributed by atoms with Gasteiger partial charge in [0, 0.05) is 18.0 Å². The van der Waals surface area contributed by atoms with Gasteiger partial charge in [0.1, 0.15) is 23.4 Å². The largest absolute Gasteiger partial charge is 0.508 e. The number of aliphatic carboxylic acids is 1. The molecule has 0 saturated carbocycles. The van der Waals surface area contributed by atoms with Crippen molar-refractivity contribution in [3.05, 3.63) is 36.0 Å². The predicted octanol–water partition coefficient (Wildman–Crippen LogP) is 0.801. The third-order valence-corrected chi connectivity index (χ3v) is 2.31. The minimum absolute atomic E-state index is 0.0332. The van der Waals surface area contributed by atoms with Crippen LogP contribution in [0.4, 0.5) is 5.69 Å². The monoisotopic (exact) mass is 275 g/mol. The average molecular weight is 275 g/mol. The maximum atomic E-state index is 11.6. The molecule has 0 aliphatic rings. The molecule has 1 unspecified atom stereocenters. The van der Waals surface area contributed by atoms with E-state index >= 15 is 0 Å². The fraction of sp³-hybridized carbons (Fsp3) is 0.154. The molecule has 1 atom stereocenters. The molecule has 0 heterocycles. The Balaban J connectivity index is 2.75. The van der Waals surface area contributed by atoms with Crippen LogP contribution in [0.1, 0.15) is 6.92 Å². The molecule has 0 aliphatic carbocycles. The standard InChI is InChI=1S/C13H13N3O4/c1-8(13(19)20)16-12(18)9(6-14)7-15-10-3-2-4-11(17)5-10/h2-5,7-8,15,17H,1H3,(H,16,18)(H,19,20)/b9-7-. The molecule has 1 aromatic rings. The van der Waals surface area contributed by atoms with Crippen molar-refractivity contribution in [3.63, 3.8) is 0 Å². The predicted molar refractivity (Wildman–Crippen MR) is 70.7 cm³/mol. The van der Waals surface area contributed by atoms with E-state index in [0.29, 0.717) is 5.69 Å². The third-order valence-electron chi connectivity index (χ3n) is 2.31. The molecule has 0 bridgehead atoms. The van der Waals surface area contributed by atoms with E-state index in [0.717, 1.165) is 6.20 Å². The number of carboxylic acid groups (broad SMARTS) is 1. The molecule has 20 heavy (non-hydrogen) atoms. The number of hydrogen-bond acceptors (Lipinski definition) is 5. The second-order valence-corrected chi connectivity index (χ2v) is 3.90. The summed E-state index contributed by atoms with van der Waals surface area (Å²) in [5, 5.41) is 31.6. The van der Waals surface area contributed by atoms with Gasteiger partial charge in [0.2, 0.25) is 0 Å². The number of carbonyl (C=O) groups excluding carboxylic acids is 1. The van der Waals surface area contributed by atoms with E-state index < -0.39 is 17.9 Å². The minimum Gasteiger partial charge on any atom is -0.508 e. The summed E-state index contributed by atoms with van der Waals surface area (Å²) in [6.07, 6.45) is 1.14. The van der Waals surface area contributed by atoms with E-state index in [1.807, 2.05) is 0 Å². The summed E-state index contributed by atoms with van der Waals surface area (Å²) in [6, 6.07) is 6.66. The van der Waals surface area contributed by atoms with Crippen LogP contribution < -0.4 is 10.6 Å². The second kappa shape index (κ2) is 6.80. The van der Waals surface area contributed by atoms with E-state index in [1.54, 1.807) is 18.2 Å². The number of phenols is 1. The van der Waals surface area contributed by atoms with Crippen molar-refractivity contribution >= 4 is 17.6 Å². The summed E-state index contributed by atoms with van der Waals surface area (Å²) in [7, 11) is 0. The Kier molecular flexibility index (Phi) is 5.12. The van der Waals surface area contributed by atoms with Crippen molar-refractivity contribution in [2.45, 2.75) is 13.0 Å². The summed E-state index contributed by atoms with van der Waals surface area (Å²) < 4.78 is 0. The Bertz CT molecular complexity index is 590. The number of hydrogen-bond donors (Lipinski definition) is 4. The van der Waals surface area contributed by atoms with Gasteiger partial charge in [-0.25, -0.2) is 0 Å². The Morgan fingerprint density at radius 1 is 1.45 bits per heavy atom. The lowest BCUT2D eigenvalue weighted by molar-refractivity contribution is -0.140. The van der Waals surface area contributed by atoms with Crippen molar-refractivity contribution in [1.29, 1.82) is 5.26 Å². The van der Waals surface area contributed by atoms with Crippen LogP contribution in [0.2, 0.25) is 0 Å². The number of amides is 1. The van der Waals surface area contributed by atoms with E-state index in [1.165, 1.54) is 19.1 Å². The molecule has 1 aromatic carbocycles. The third kappa shape index (κ3) is 4.34. The van der Waals surface area contributed by atoms with Crippen LogP contribution in [0, 0.1) is 11.3 Å². The summed E-state index contributed by atoms with van der Waals surface area (Å²) in [5.41, 5.74) is 0.207. The molecule has 1 rings (SSSR count). The molecule has 0 aromatic heterocycles. The van der Waals surface area contributed by atoms with Gasteiger partial charge in [-0.3, -0.25) is 9.59 Å². The molecule has 0 fully saturated rings. The molecule has 104 valence electrons. The average Bonchev–Trinajstić information content (AvgIpc) is 2.39. The van der Waals surface area contributed by atoms with Gasteiger partial charge in [-0.1, -0.05) is 6.07 Å². The first-order valence-electron chi connectivity index (χ1n) is 5.63. The number of nitrogens with one attached hydrogen (secondary N) is 2. The lowest BCUT2D eigenvalue weighted by Gasteiger charge is -2.08. The first-order valence-corrected chi connectivity index (χ1v) is 5.63. The molecule has 0 spiro atoms. The zero-order valence-corrected chi connectivity index (χ0v) is 10.6. The number of rotatable bonds is 5. The van der Waals surface area contributed by atoms with Crippen LogP contribution in [-0.4, -0.2) is 28.1 Å². The lowest BCUT2D eigenvalue weighted by Crippen LogP contribution is -2.39. The molecule has 0 aliphatic heterocycles. The van der Waals surface area contributed by atoms with Gasteiger partial charge >= 0.3 is 5.97 Å². The summed E-state index contributed by atoms with van der Waals surface area (Å²) in [5.74, 6) is -1.96. The van der Waals surface area contributed by atoms with Crippen LogP contribution in [0.15, 0.2) is 36.0 Å². The fourth-order valence-corrected chi connectivity index (χ4v) is 1.24. The lowest BCUT2D eigenvalue weighted by atomic mass is 10.2. The van der Waals surface area contributed by atoms with Gasteiger partial charge in [-0.05, 0) is 19.1 Å². The Morgan fingerprint density at radius 3 is 2.70 bits per heavy atom. The van der Waals surface area contributed by atoms with Crippen molar-refractivity contribution in [2.24, 2.45) is 0 Å². The van der Waals surface area contributed by atoms with Crippen molar-refractivity contribution in [3.8, 4) is 11.8 Å². The van der Waals surface area contributed by atoms with Crippen LogP contribution in [0.3, 0.4) is 0 Å². The number of carbonyl (C=O) groups is 2. The van der Waals surface area contributed by atoms with E-state index in [4.69, 9.17) is 10.4 Å². The number of phenolic OH excluding ortho intramolecular Hbond substituents is 1. The molecule has 1 amide bonds. The summed E-state index contributed by atoms with van der Waals surface area (Å²) >= 11 is 0. The maximum Gasteiger partial charge on any atom is 0.325 e. The Labute approximate surface area is 115 Å². The zero-order valence-electron chi connectivity index (χ0n) is 10.6. The van der Waals surface area contributed by atoms with Crippen LogP contribution in [0.25, 0.3) is 0 Å². The van der Waals surface area contributed by atoms with Crippen molar-refractivity contribution < 1.29 is 19.8 Å². The molecule has 7 heteroatoms. The summed E-state index contributed by atoms with van der Waals surface area (Å²) in [4.78, 5) is 22.2. The van der Waals surface area contributed by atoms with Crippen LogP contribution >= 0.6 is 0 Å². The van der Waals surface area contributed by atoms with Gasteiger partial charge in [0.15, 0.2) is 0 Å². The molecule has 0 saturated heterocycles. The highest BCUT2D eigenvalue weighted by atomic mass is 16.4. The fourth-order valence-electron chi connectivity index (χ4n) is 1.24. The first kappa shape index (κ1) is 15.0. The SMILES string of the molecule is CC(NC(=O)/C(C#N)=C\Nc1cccc(O)c1)C(=O)O. The van der Waals surface area contributed by atoms with E-state index in [2.05, 4.69) is 10.6 Å². The van der Waals surface area contributed by atoms with Gasteiger partial charge in [-0.15, -0.1) is 0 Å². The number of anilines is 1. The molecule has 7 nitrogen and oxygen atoms in total. The van der Waals surface area contributed by atoms with E-state index in [9.17, 15) is 14.7 Å². The molecule has 4 N–H and O–H groups in total. The summed E-state index contributed by atoms with van der Waals surface area (Å²) in [6.45, 7) is 1.29. The van der Waals surface area contributed by atoms with Crippen molar-refractivity contribution in [1.82, 2.24) is 5.32 Å². The second-order valence-electron chi connectivity index (χ2n) is 3.90. The molecular formula is C13H13N3O4. The normalized spacial score (nSPS) is 12.1. The van der Waals surface area contributed by atoms with Gasteiger partial charge in [0.25, 0.3) is 5.91 Å². The van der Waals surface area contributed by atoms with Crippen LogP contribution in [-0.2, 0) is 9.59 Å². The molecular weight excluding hydrogens is 262 g/mol. The number of nitriles is 1. The quantitative estimate of drug-likeness (QED) is 0.465. The smallest absolute Gasteiger partial charge is 0.325 e. The van der Waals surface area contributed by atoms with Gasteiger partial charge in [0.05, 0.1) is 0 Å². The Morgan fingerprint density at radius 2 is 2.15 bits per heavy atom. The van der Waals surface area contributed by atoms with Gasteiger partial charge < -0.3 is 20.8 Å². The van der Waals surface area contributed by atoms with Crippen molar-refractivity contribution in [2.75, 3.05) is 5.32 Å². The highest BCUT2D eigenvalue weighted by Gasteiger charge is 2.16. The maximum absolute atomic E-state index is 11.6. The number of nitrogens with zero attached hydrogens (tertiary/aromatic N) is 1. The zero-order chi connectivity index (χ0) is 15.1. The molecule has 0 radical (unpaired) electrons. The van der Waals surface area contributed by atoms with Gasteiger partial charge in [-0.2, -0.15) is 5.26 Å².